The van der Waals surface area contributed by atoms with Gasteiger partial charge in [0.1, 0.15) is 11.3 Å². The van der Waals surface area contributed by atoms with Gasteiger partial charge in [-0.3, -0.25) is 0 Å². The van der Waals surface area contributed by atoms with Gasteiger partial charge in [0.05, 0.1) is 41.3 Å². The Hall–Kier alpha value is -3.20. The van der Waals surface area contributed by atoms with Crippen molar-refractivity contribution in [3.8, 4) is 11.5 Å². The van der Waals surface area contributed by atoms with E-state index >= 15 is 0 Å². The zero-order valence-corrected chi connectivity index (χ0v) is 17.3. The number of nitrogens with zero attached hydrogens (tertiary/aromatic N) is 3. The highest BCUT2D eigenvalue weighted by atomic mass is 32.2. The summed E-state index contributed by atoms with van der Waals surface area (Å²) in [5.74, 6) is 0.118. The van der Waals surface area contributed by atoms with Gasteiger partial charge >= 0.3 is 5.97 Å². The topological polar surface area (TPSA) is 104 Å². The van der Waals surface area contributed by atoms with E-state index in [1.165, 1.54) is 7.11 Å². The summed E-state index contributed by atoms with van der Waals surface area (Å²) < 4.78 is 36.6. The molecule has 1 fully saturated rings. The highest BCUT2D eigenvalue weighted by Gasteiger charge is 2.32. The van der Waals surface area contributed by atoms with Crippen LogP contribution in [0.4, 0.5) is 0 Å². The normalized spacial score (nSPS) is 18.3. The van der Waals surface area contributed by atoms with E-state index < -0.39 is 15.8 Å². The summed E-state index contributed by atoms with van der Waals surface area (Å²) in [7, 11) is -1.79. The number of carbonyl (C=O) groups excluding carboxylic acids is 1. The van der Waals surface area contributed by atoms with Crippen LogP contribution in [0.5, 0.6) is 0 Å². The molecule has 5 rings (SSSR count). The highest BCUT2D eigenvalue weighted by Crippen LogP contribution is 2.34. The first kappa shape index (κ1) is 18.8. The number of pyridine rings is 1. The van der Waals surface area contributed by atoms with Crippen LogP contribution in [0.2, 0.25) is 0 Å². The number of hydrogen-bond donors (Lipinski definition) is 0. The number of esters is 1. The van der Waals surface area contributed by atoms with Gasteiger partial charge in [0.25, 0.3) is 0 Å². The summed E-state index contributed by atoms with van der Waals surface area (Å²) in [4.78, 5) is 17.3. The predicted molar refractivity (Wildman–Crippen MR) is 111 cm³/mol. The molecular formula is C21H19N3O5S. The fraction of sp³-hybridized carbons (Fsp3) is 0.286. The average molecular weight is 425 g/mol. The first-order valence-electron chi connectivity index (χ1n) is 9.54. The van der Waals surface area contributed by atoms with Crippen LogP contribution in [-0.4, -0.2) is 47.8 Å². The minimum atomic E-state index is -3.11. The smallest absolute Gasteiger partial charge is 0.338 e. The third-order valence-electron chi connectivity index (χ3n) is 5.47. The maximum atomic E-state index is 12.6. The van der Waals surface area contributed by atoms with Crippen LogP contribution in [0.15, 0.2) is 40.8 Å². The second-order valence-corrected chi connectivity index (χ2v) is 9.71. The van der Waals surface area contributed by atoms with Gasteiger partial charge in [-0.05, 0) is 31.5 Å². The van der Waals surface area contributed by atoms with Gasteiger partial charge in [-0.2, -0.15) is 5.10 Å². The van der Waals surface area contributed by atoms with Crippen molar-refractivity contribution in [1.82, 2.24) is 14.8 Å². The van der Waals surface area contributed by atoms with Gasteiger partial charge in [0, 0.05) is 5.39 Å². The van der Waals surface area contributed by atoms with Crippen molar-refractivity contribution >= 4 is 37.8 Å². The lowest BCUT2D eigenvalue weighted by atomic mass is 10.1. The lowest BCUT2D eigenvalue weighted by Crippen LogP contribution is -2.13. The number of benzene rings is 1. The van der Waals surface area contributed by atoms with E-state index in [-0.39, 0.29) is 17.5 Å². The molecule has 0 bridgehead atoms. The lowest BCUT2D eigenvalue weighted by Gasteiger charge is -2.11. The van der Waals surface area contributed by atoms with E-state index in [1.54, 1.807) is 17.7 Å². The number of furan rings is 1. The molecule has 1 unspecified atom stereocenters. The maximum Gasteiger partial charge on any atom is 0.338 e. The molecule has 0 saturated carbocycles. The Balaban J connectivity index is 1.76. The summed E-state index contributed by atoms with van der Waals surface area (Å²) >= 11 is 0. The molecule has 1 saturated heterocycles. The molecule has 154 valence electrons. The highest BCUT2D eigenvalue weighted by molar-refractivity contribution is 7.91. The molecule has 1 aliphatic rings. The standard InChI is InChI=1S/C21H19N3O5S/c1-12-19-15(21(25)28-2)10-16(18-9-13-5-3-4-6-17(13)29-18)22-20(19)24(23-12)14-7-8-30(26,27)11-14/h3-6,9-10,14H,7-8,11H2,1-2H3. The van der Waals surface area contributed by atoms with E-state index in [1.807, 2.05) is 30.3 Å². The molecule has 9 heteroatoms. The van der Waals surface area contributed by atoms with Crippen LogP contribution in [0, 0.1) is 6.92 Å². The van der Waals surface area contributed by atoms with Crippen molar-refractivity contribution in [2.75, 3.05) is 18.6 Å². The molecule has 4 heterocycles. The predicted octanol–water partition coefficient (Wildman–Crippen LogP) is 3.30. The summed E-state index contributed by atoms with van der Waals surface area (Å²) in [6.45, 7) is 1.78. The molecule has 1 atom stereocenters. The van der Waals surface area contributed by atoms with Crippen molar-refractivity contribution in [2.45, 2.75) is 19.4 Å². The van der Waals surface area contributed by atoms with Crippen molar-refractivity contribution in [2.24, 2.45) is 0 Å². The van der Waals surface area contributed by atoms with E-state index in [4.69, 9.17) is 14.1 Å². The number of rotatable bonds is 3. The van der Waals surface area contributed by atoms with Gasteiger partial charge in [-0.25, -0.2) is 22.9 Å². The monoisotopic (exact) mass is 425 g/mol. The van der Waals surface area contributed by atoms with Crippen LogP contribution in [0.3, 0.4) is 0 Å². The molecule has 0 amide bonds. The number of methoxy groups -OCH3 is 1. The minimum absolute atomic E-state index is 0.00726. The third-order valence-corrected chi connectivity index (χ3v) is 7.22. The molecule has 0 radical (unpaired) electrons. The van der Waals surface area contributed by atoms with Crippen molar-refractivity contribution in [1.29, 1.82) is 0 Å². The van der Waals surface area contributed by atoms with Crippen molar-refractivity contribution in [3.05, 3.63) is 47.7 Å². The van der Waals surface area contributed by atoms with Crippen LogP contribution >= 0.6 is 0 Å². The maximum absolute atomic E-state index is 12.6. The van der Waals surface area contributed by atoms with Crippen molar-refractivity contribution in [3.63, 3.8) is 0 Å². The fourth-order valence-corrected chi connectivity index (χ4v) is 5.73. The number of aryl methyl sites for hydroxylation is 1. The van der Waals surface area contributed by atoms with E-state index in [9.17, 15) is 13.2 Å². The summed E-state index contributed by atoms with van der Waals surface area (Å²) in [5, 5.41) is 6.02. The number of para-hydroxylation sites is 1. The zero-order chi connectivity index (χ0) is 21.0. The van der Waals surface area contributed by atoms with Gasteiger partial charge in [-0.1, -0.05) is 18.2 Å². The average Bonchev–Trinajstić information content (AvgIpc) is 3.41. The Morgan fingerprint density at radius 3 is 2.77 bits per heavy atom. The molecular weight excluding hydrogens is 406 g/mol. The summed E-state index contributed by atoms with van der Waals surface area (Å²) in [5.41, 5.74) is 2.54. The molecule has 1 aromatic carbocycles. The number of aromatic nitrogens is 3. The SMILES string of the molecule is COC(=O)c1cc(-c2cc3ccccc3o2)nc2c1c(C)nn2C1CCS(=O)(=O)C1. The second kappa shape index (κ2) is 6.66. The van der Waals surface area contributed by atoms with Crippen molar-refractivity contribution < 1.29 is 22.4 Å². The first-order chi connectivity index (χ1) is 14.4. The Kier molecular flexibility index (Phi) is 4.18. The van der Waals surface area contributed by atoms with E-state index in [0.29, 0.717) is 45.7 Å². The van der Waals surface area contributed by atoms with Gasteiger partial charge < -0.3 is 9.15 Å². The Morgan fingerprint density at radius 1 is 1.27 bits per heavy atom. The van der Waals surface area contributed by atoms with Gasteiger partial charge in [-0.15, -0.1) is 0 Å². The number of sulfone groups is 1. The number of carbonyl (C=O) groups is 1. The van der Waals surface area contributed by atoms with Gasteiger partial charge in [0.15, 0.2) is 21.2 Å². The zero-order valence-electron chi connectivity index (χ0n) is 16.5. The molecule has 0 N–H and O–H groups in total. The number of ether oxygens (including phenoxy) is 1. The second-order valence-electron chi connectivity index (χ2n) is 7.48. The third kappa shape index (κ3) is 2.97. The van der Waals surface area contributed by atoms with Gasteiger partial charge in [0.2, 0.25) is 0 Å². The quantitative estimate of drug-likeness (QED) is 0.464. The fourth-order valence-electron chi connectivity index (χ4n) is 4.04. The minimum Gasteiger partial charge on any atom is -0.465 e. The summed E-state index contributed by atoms with van der Waals surface area (Å²) in [6.07, 6.45) is 0.461. The lowest BCUT2D eigenvalue weighted by molar-refractivity contribution is 0.0603. The molecule has 8 nitrogen and oxygen atoms in total. The van der Waals surface area contributed by atoms with E-state index in [2.05, 4.69) is 5.10 Å². The van der Waals surface area contributed by atoms with Crippen LogP contribution < -0.4 is 0 Å². The number of fused-ring (bicyclic) bond motifs is 2. The molecule has 0 aliphatic carbocycles. The molecule has 4 aromatic rings. The summed E-state index contributed by atoms with van der Waals surface area (Å²) in [6, 6.07) is 10.8. The number of hydrogen-bond acceptors (Lipinski definition) is 7. The van der Waals surface area contributed by atoms with Crippen LogP contribution in [-0.2, 0) is 14.6 Å². The van der Waals surface area contributed by atoms with Crippen LogP contribution in [0.1, 0.15) is 28.5 Å². The Morgan fingerprint density at radius 2 is 2.07 bits per heavy atom. The molecule has 3 aromatic heterocycles. The van der Waals surface area contributed by atoms with Crippen LogP contribution in [0.25, 0.3) is 33.5 Å². The molecule has 1 aliphatic heterocycles. The molecule has 0 spiro atoms. The largest absolute Gasteiger partial charge is 0.465 e. The van der Waals surface area contributed by atoms with E-state index in [0.717, 1.165) is 5.39 Å². The Labute approximate surface area is 172 Å². The first-order valence-corrected chi connectivity index (χ1v) is 11.4. The Bertz CT molecular complexity index is 1380. The molecule has 30 heavy (non-hydrogen) atoms.